The predicted octanol–water partition coefficient (Wildman–Crippen LogP) is 4.32. The Kier molecular flexibility index (Phi) is 4.99. The number of carbonyl (C=O) groups excluding carboxylic acids is 1. The number of halogens is 3. The van der Waals surface area contributed by atoms with E-state index in [0.29, 0.717) is 15.8 Å². The summed E-state index contributed by atoms with van der Waals surface area (Å²) in [5, 5.41) is 0.874. The van der Waals surface area contributed by atoms with Gasteiger partial charge in [0.25, 0.3) is 0 Å². The average molecular weight is 313 g/mol. The highest BCUT2D eigenvalue weighted by Gasteiger charge is 2.08. The van der Waals surface area contributed by atoms with Crippen molar-refractivity contribution in [2.24, 2.45) is 0 Å². The van der Waals surface area contributed by atoms with E-state index >= 15 is 0 Å². The molecule has 0 aliphatic rings. The molecule has 0 atom stereocenters. The Bertz CT molecular complexity index is 612. The number of hydrogen-bond donors (Lipinski definition) is 0. The van der Waals surface area contributed by atoms with Crippen LogP contribution in [0, 0.1) is 5.82 Å². The highest BCUT2D eigenvalue weighted by molar-refractivity contribution is 6.34. The number of benzene rings is 2. The fraction of sp³-hybridized carbons (Fsp3) is 0.133. The SMILES string of the molecule is O=C(COc1cc(Cl)ccc1Cl)Cc1ccc(F)cc1. The van der Waals surface area contributed by atoms with Gasteiger partial charge in [-0.3, -0.25) is 4.79 Å². The van der Waals surface area contributed by atoms with Crippen LogP contribution in [-0.4, -0.2) is 12.4 Å². The van der Waals surface area contributed by atoms with E-state index in [1.807, 2.05) is 0 Å². The fourth-order valence-corrected chi connectivity index (χ4v) is 1.96. The molecule has 0 unspecified atom stereocenters. The molecule has 0 saturated carbocycles. The van der Waals surface area contributed by atoms with Crippen LogP contribution >= 0.6 is 23.2 Å². The van der Waals surface area contributed by atoms with E-state index in [1.54, 1.807) is 30.3 Å². The van der Waals surface area contributed by atoms with Gasteiger partial charge in [0.1, 0.15) is 18.2 Å². The topological polar surface area (TPSA) is 26.3 Å². The van der Waals surface area contributed by atoms with E-state index in [9.17, 15) is 9.18 Å². The van der Waals surface area contributed by atoms with Crippen LogP contribution in [0.4, 0.5) is 4.39 Å². The zero-order valence-corrected chi connectivity index (χ0v) is 11.9. The summed E-state index contributed by atoms with van der Waals surface area (Å²) < 4.78 is 18.1. The molecule has 0 saturated heterocycles. The molecule has 2 nitrogen and oxygen atoms in total. The first kappa shape index (κ1) is 14.8. The lowest BCUT2D eigenvalue weighted by atomic mass is 10.1. The van der Waals surface area contributed by atoms with Crippen molar-refractivity contribution >= 4 is 29.0 Å². The van der Waals surface area contributed by atoms with Crippen LogP contribution in [-0.2, 0) is 11.2 Å². The molecule has 5 heteroatoms. The van der Waals surface area contributed by atoms with Gasteiger partial charge in [-0.2, -0.15) is 0 Å². The quantitative estimate of drug-likeness (QED) is 0.821. The van der Waals surface area contributed by atoms with Crippen molar-refractivity contribution in [2.75, 3.05) is 6.61 Å². The van der Waals surface area contributed by atoms with Crippen LogP contribution in [0.25, 0.3) is 0 Å². The minimum absolute atomic E-state index is 0.114. The molecule has 0 heterocycles. The molecule has 104 valence electrons. The van der Waals surface area contributed by atoms with Crippen molar-refractivity contribution < 1.29 is 13.9 Å². The second-order valence-corrected chi connectivity index (χ2v) is 5.05. The number of carbonyl (C=O) groups is 1. The van der Waals surface area contributed by atoms with E-state index in [1.165, 1.54) is 12.1 Å². The Morgan fingerprint density at radius 1 is 1.10 bits per heavy atom. The zero-order valence-electron chi connectivity index (χ0n) is 10.4. The molecule has 2 rings (SSSR count). The number of ether oxygens (including phenoxy) is 1. The van der Waals surface area contributed by atoms with Crippen LogP contribution in [0.2, 0.25) is 10.0 Å². The van der Waals surface area contributed by atoms with E-state index in [2.05, 4.69) is 0 Å². The smallest absolute Gasteiger partial charge is 0.174 e. The van der Waals surface area contributed by atoms with E-state index in [0.717, 1.165) is 5.56 Å². The van der Waals surface area contributed by atoms with Gasteiger partial charge in [0.15, 0.2) is 5.78 Å². The average Bonchev–Trinajstić information content (AvgIpc) is 2.42. The van der Waals surface area contributed by atoms with Gasteiger partial charge < -0.3 is 4.74 Å². The van der Waals surface area contributed by atoms with E-state index in [4.69, 9.17) is 27.9 Å². The van der Waals surface area contributed by atoms with Gasteiger partial charge in [0.05, 0.1) is 5.02 Å². The Hall–Kier alpha value is -1.58. The van der Waals surface area contributed by atoms with Crippen LogP contribution < -0.4 is 4.74 Å². The lowest BCUT2D eigenvalue weighted by molar-refractivity contribution is -0.120. The second kappa shape index (κ2) is 6.73. The number of rotatable bonds is 5. The van der Waals surface area contributed by atoms with Crippen molar-refractivity contribution in [1.82, 2.24) is 0 Å². The van der Waals surface area contributed by atoms with Crippen LogP contribution in [0.1, 0.15) is 5.56 Å². The molecule has 0 spiro atoms. The summed E-state index contributed by atoms with van der Waals surface area (Å²) in [5.74, 6) is -0.0950. The maximum atomic E-state index is 12.7. The molecule has 0 aliphatic heterocycles. The van der Waals surface area contributed by atoms with Gasteiger partial charge in [-0.1, -0.05) is 35.3 Å². The monoisotopic (exact) mass is 312 g/mol. The summed E-state index contributed by atoms with van der Waals surface area (Å²) in [6.07, 6.45) is 0.179. The molecule has 0 amide bonds. The summed E-state index contributed by atoms with van der Waals surface area (Å²) in [4.78, 5) is 11.8. The first-order chi connectivity index (χ1) is 9.54. The zero-order chi connectivity index (χ0) is 14.5. The minimum atomic E-state index is -0.330. The molecule has 0 radical (unpaired) electrons. The van der Waals surface area contributed by atoms with Crippen molar-refractivity contribution in [2.45, 2.75) is 6.42 Å². The molecule has 20 heavy (non-hydrogen) atoms. The van der Waals surface area contributed by atoms with Gasteiger partial charge >= 0.3 is 0 Å². The molecule has 0 N–H and O–H groups in total. The van der Waals surface area contributed by atoms with Crippen LogP contribution in [0.5, 0.6) is 5.75 Å². The Morgan fingerprint density at radius 2 is 1.80 bits per heavy atom. The first-order valence-corrected chi connectivity index (χ1v) is 6.64. The second-order valence-electron chi connectivity index (χ2n) is 4.21. The Morgan fingerprint density at radius 3 is 2.50 bits per heavy atom. The summed E-state index contributed by atoms with van der Waals surface area (Å²) in [5.41, 5.74) is 0.734. The molecular weight excluding hydrogens is 302 g/mol. The Labute approximate surface area is 126 Å². The van der Waals surface area contributed by atoms with Gasteiger partial charge in [0.2, 0.25) is 0 Å². The summed E-state index contributed by atoms with van der Waals surface area (Å²) in [6, 6.07) is 10.6. The normalized spacial score (nSPS) is 10.3. The van der Waals surface area contributed by atoms with Gasteiger partial charge in [-0.15, -0.1) is 0 Å². The van der Waals surface area contributed by atoms with E-state index in [-0.39, 0.29) is 24.6 Å². The highest BCUT2D eigenvalue weighted by Crippen LogP contribution is 2.27. The maximum Gasteiger partial charge on any atom is 0.174 e. The molecule has 0 aliphatic carbocycles. The van der Waals surface area contributed by atoms with Crippen molar-refractivity contribution in [3.05, 3.63) is 63.9 Å². The van der Waals surface area contributed by atoms with Gasteiger partial charge in [0, 0.05) is 17.5 Å². The Balaban J connectivity index is 1.92. The van der Waals surface area contributed by atoms with Crippen LogP contribution in [0.3, 0.4) is 0 Å². The third-order valence-electron chi connectivity index (χ3n) is 2.60. The standard InChI is InChI=1S/C15H11Cl2FO2/c16-11-3-6-14(17)15(8-11)20-9-13(19)7-10-1-4-12(18)5-2-10/h1-6,8H,7,9H2. The maximum absolute atomic E-state index is 12.7. The largest absolute Gasteiger partial charge is 0.484 e. The summed E-state index contributed by atoms with van der Waals surface area (Å²) in [6.45, 7) is -0.114. The van der Waals surface area contributed by atoms with Crippen molar-refractivity contribution in [3.63, 3.8) is 0 Å². The van der Waals surface area contributed by atoms with E-state index < -0.39 is 0 Å². The molecule has 2 aromatic carbocycles. The number of Topliss-reactive ketones (excluding diaryl/α,β-unsaturated/α-hetero) is 1. The fourth-order valence-electron chi connectivity index (χ4n) is 1.63. The van der Waals surface area contributed by atoms with Gasteiger partial charge in [-0.05, 0) is 29.8 Å². The molecule has 0 fully saturated rings. The lowest BCUT2D eigenvalue weighted by Crippen LogP contribution is -2.14. The highest BCUT2D eigenvalue weighted by atomic mass is 35.5. The lowest BCUT2D eigenvalue weighted by Gasteiger charge is -2.07. The molecule has 0 bridgehead atoms. The molecular formula is C15H11Cl2FO2. The predicted molar refractivity (Wildman–Crippen MR) is 77.1 cm³/mol. The minimum Gasteiger partial charge on any atom is -0.484 e. The van der Waals surface area contributed by atoms with Crippen molar-refractivity contribution in [3.8, 4) is 5.75 Å². The van der Waals surface area contributed by atoms with Crippen molar-refractivity contribution in [1.29, 1.82) is 0 Å². The third kappa shape index (κ3) is 4.22. The van der Waals surface area contributed by atoms with Gasteiger partial charge in [-0.25, -0.2) is 4.39 Å². The molecule has 2 aromatic rings. The number of ketones is 1. The summed E-state index contributed by atoms with van der Waals surface area (Å²) >= 11 is 11.7. The first-order valence-electron chi connectivity index (χ1n) is 5.88. The number of hydrogen-bond acceptors (Lipinski definition) is 2. The summed E-state index contributed by atoms with van der Waals surface area (Å²) in [7, 11) is 0. The van der Waals surface area contributed by atoms with Crippen LogP contribution in [0.15, 0.2) is 42.5 Å². The third-order valence-corrected chi connectivity index (χ3v) is 3.14. The molecule has 0 aromatic heterocycles.